The molecular formula is C15H27N5O. The first-order valence-corrected chi connectivity index (χ1v) is 7.25. The lowest BCUT2D eigenvalue weighted by Gasteiger charge is -2.22. The molecule has 0 fully saturated rings. The second kappa shape index (κ2) is 8.34. The van der Waals surface area contributed by atoms with Crippen LogP contribution in [0.4, 0.5) is 0 Å². The molecule has 0 radical (unpaired) electrons. The number of hydrogen-bond donors (Lipinski definition) is 2. The number of carbonyl (C=O) groups is 1. The summed E-state index contributed by atoms with van der Waals surface area (Å²) in [6.07, 6.45) is 2.46. The van der Waals surface area contributed by atoms with Gasteiger partial charge in [-0.25, -0.2) is 0 Å². The highest BCUT2D eigenvalue weighted by Gasteiger charge is 2.09. The Bertz CT molecular complexity index is 478. The quantitative estimate of drug-likeness (QED) is 0.606. The van der Waals surface area contributed by atoms with E-state index in [9.17, 15) is 4.79 Å². The van der Waals surface area contributed by atoms with Crippen molar-refractivity contribution in [3.05, 3.63) is 24.0 Å². The molecule has 0 aliphatic rings. The van der Waals surface area contributed by atoms with Gasteiger partial charge in [0.2, 0.25) is 5.91 Å². The molecule has 0 spiro atoms. The Morgan fingerprint density at radius 2 is 2.19 bits per heavy atom. The Hall–Kier alpha value is -1.98. The van der Waals surface area contributed by atoms with Crippen LogP contribution in [-0.2, 0) is 18.4 Å². The summed E-state index contributed by atoms with van der Waals surface area (Å²) in [4.78, 5) is 17.9. The van der Waals surface area contributed by atoms with Crippen LogP contribution in [0.25, 0.3) is 0 Å². The van der Waals surface area contributed by atoms with Gasteiger partial charge in [-0.2, -0.15) is 0 Å². The molecule has 6 nitrogen and oxygen atoms in total. The molecule has 1 heterocycles. The van der Waals surface area contributed by atoms with Gasteiger partial charge in [-0.3, -0.25) is 9.79 Å². The van der Waals surface area contributed by atoms with Crippen LogP contribution in [0.5, 0.6) is 0 Å². The normalized spacial score (nSPS) is 11.6. The van der Waals surface area contributed by atoms with Gasteiger partial charge in [0, 0.05) is 52.0 Å². The highest BCUT2D eigenvalue weighted by Crippen LogP contribution is 2.03. The number of nitrogens with zero attached hydrogens (tertiary/aromatic N) is 3. The van der Waals surface area contributed by atoms with Crippen LogP contribution in [0.2, 0.25) is 0 Å². The number of amides is 1. The lowest BCUT2D eigenvalue weighted by atomic mass is 10.3. The molecule has 1 rings (SSSR count). The van der Waals surface area contributed by atoms with Crippen molar-refractivity contribution in [1.82, 2.24) is 20.1 Å². The van der Waals surface area contributed by atoms with E-state index in [-0.39, 0.29) is 11.9 Å². The van der Waals surface area contributed by atoms with Gasteiger partial charge in [-0.05, 0) is 26.0 Å². The fourth-order valence-electron chi connectivity index (χ4n) is 2.05. The molecule has 0 aromatic carbocycles. The molecule has 0 unspecified atom stereocenters. The third kappa shape index (κ3) is 5.89. The Morgan fingerprint density at radius 3 is 2.71 bits per heavy atom. The van der Waals surface area contributed by atoms with Crippen molar-refractivity contribution >= 4 is 11.9 Å². The van der Waals surface area contributed by atoms with Crippen LogP contribution < -0.4 is 10.6 Å². The molecule has 0 aliphatic carbocycles. The summed E-state index contributed by atoms with van der Waals surface area (Å²) < 4.78 is 2.08. The lowest BCUT2D eigenvalue weighted by molar-refractivity contribution is -0.121. The van der Waals surface area contributed by atoms with E-state index < -0.39 is 0 Å². The summed E-state index contributed by atoms with van der Waals surface area (Å²) in [6, 6.07) is 4.28. The van der Waals surface area contributed by atoms with Gasteiger partial charge in [0.05, 0.1) is 6.54 Å². The Kier molecular flexibility index (Phi) is 6.78. The zero-order chi connectivity index (χ0) is 15.8. The first-order chi connectivity index (χ1) is 9.93. The number of aryl methyl sites for hydroxylation is 1. The second-order valence-corrected chi connectivity index (χ2v) is 5.41. The largest absolute Gasteiger partial charge is 0.356 e. The van der Waals surface area contributed by atoms with Gasteiger partial charge < -0.3 is 20.1 Å². The Balaban J connectivity index is 2.41. The molecule has 0 aliphatic heterocycles. The van der Waals surface area contributed by atoms with Crippen LogP contribution >= 0.6 is 0 Å². The van der Waals surface area contributed by atoms with E-state index in [1.807, 2.05) is 45.1 Å². The first-order valence-electron chi connectivity index (χ1n) is 7.25. The molecule has 6 heteroatoms. The highest BCUT2D eigenvalue weighted by molar-refractivity contribution is 5.81. The van der Waals surface area contributed by atoms with Crippen molar-refractivity contribution in [2.45, 2.75) is 32.9 Å². The monoisotopic (exact) mass is 293 g/mol. The molecule has 21 heavy (non-hydrogen) atoms. The molecule has 0 atom stereocenters. The van der Waals surface area contributed by atoms with Gasteiger partial charge in [-0.1, -0.05) is 0 Å². The second-order valence-electron chi connectivity index (χ2n) is 5.41. The number of carbonyl (C=O) groups excluding carboxylic acids is 1. The highest BCUT2D eigenvalue weighted by atomic mass is 16.1. The maximum Gasteiger partial charge on any atom is 0.221 e. The number of rotatable bonds is 6. The predicted octanol–water partition coefficient (Wildman–Crippen LogP) is 0.947. The zero-order valence-corrected chi connectivity index (χ0v) is 13.7. The van der Waals surface area contributed by atoms with Crippen LogP contribution in [0.1, 0.15) is 26.0 Å². The van der Waals surface area contributed by atoms with E-state index in [0.717, 1.165) is 12.5 Å². The summed E-state index contributed by atoms with van der Waals surface area (Å²) in [6.45, 7) is 5.25. The third-order valence-corrected chi connectivity index (χ3v) is 3.11. The van der Waals surface area contributed by atoms with E-state index >= 15 is 0 Å². The number of guanidine groups is 1. The van der Waals surface area contributed by atoms with Crippen molar-refractivity contribution in [3.8, 4) is 0 Å². The summed E-state index contributed by atoms with van der Waals surface area (Å²) in [7, 11) is 5.75. The Morgan fingerprint density at radius 1 is 1.48 bits per heavy atom. The third-order valence-electron chi connectivity index (χ3n) is 3.11. The number of aliphatic imine (C=N–C) groups is 1. The first kappa shape index (κ1) is 17.1. The molecule has 1 aromatic heterocycles. The standard InChI is InChI=1S/C15H27N5O/c1-12(2)18-14(21)8-9-17-15(16-3)20(5)11-13-7-6-10-19(13)4/h6-7,10,12H,8-9,11H2,1-5H3,(H,16,17)(H,18,21). The van der Waals surface area contributed by atoms with Crippen LogP contribution in [0.15, 0.2) is 23.3 Å². The number of nitrogens with one attached hydrogen (secondary N) is 2. The van der Waals surface area contributed by atoms with E-state index in [1.54, 1.807) is 7.05 Å². The summed E-state index contributed by atoms with van der Waals surface area (Å²) in [5.74, 6) is 0.839. The molecule has 1 aromatic rings. The zero-order valence-electron chi connectivity index (χ0n) is 13.7. The summed E-state index contributed by atoms with van der Waals surface area (Å²) in [5, 5.41) is 6.08. The van der Waals surface area contributed by atoms with E-state index in [2.05, 4.69) is 26.3 Å². The van der Waals surface area contributed by atoms with Crippen LogP contribution in [0.3, 0.4) is 0 Å². The van der Waals surface area contributed by atoms with Crippen molar-refractivity contribution in [3.63, 3.8) is 0 Å². The number of aromatic nitrogens is 1. The number of hydrogen-bond acceptors (Lipinski definition) is 2. The smallest absolute Gasteiger partial charge is 0.221 e. The molecule has 118 valence electrons. The SMILES string of the molecule is CN=C(NCCC(=O)NC(C)C)N(C)Cc1cccn1C. The maximum atomic E-state index is 11.6. The lowest BCUT2D eigenvalue weighted by Crippen LogP contribution is -2.41. The average Bonchev–Trinajstić information content (AvgIpc) is 2.79. The summed E-state index contributed by atoms with van der Waals surface area (Å²) >= 11 is 0. The maximum absolute atomic E-state index is 11.6. The molecule has 1 amide bonds. The molecule has 0 bridgehead atoms. The van der Waals surface area contributed by atoms with Crippen molar-refractivity contribution in [2.75, 3.05) is 20.6 Å². The fraction of sp³-hybridized carbons (Fsp3) is 0.600. The summed E-state index contributed by atoms with van der Waals surface area (Å²) in [5.41, 5.74) is 1.21. The van der Waals surface area contributed by atoms with Gasteiger partial charge in [0.15, 0.2) is 5.96 Å². The topological polar surface area (TPSA) is 61.7 Å². The Labute approximate surface area is 127 Å². The van der Waals surface area contributed by atoms with Crippen molar-refractivity contribution in [1.29, 1.82) is 0 Å². The molecule has 2 N–H and O–H groups in total. The van der Waals surface area contributed by atoms with Crippen molar-refractivity contribution < 1.29 is 4.79 Å². The molecule has 0 saturated carbocycles. The van der Waals surface area contributed by atoms with Gasteiger partial charge in [0.25, 0.3) is 0 Å². The minimum Gasteiger partial charge on any atom is -0.356 e. The molecular weight excluding hydrogens is 266 g/mol. The fourth-order valence-corrected chi connectivity index (χ4v) is 2.05. The van der Waals surface area contributed by atoms with E-state index in [1.165, 1.54) is 5.69 Å². The van der Waals surface area contributed by atoms with Gasteiger partial charge in [-0.15, -0.1) is 0 Å². The van der Waals surface area contributed by atoms with Crippen LogP contribution in [0, 0.1) is 0 Å². The van der Waals surface area contributed by atoms with Crippen molar-refractivity contribution in [2.24, 2.45) is 12.0 Å². The van der Waals surface area contributed by atoms with Gasteiger partial charge in [0.1, 0.15) is 0 Å². The predicted molar refractivity (Wildman–Crippen MR) is 86.1 cm³/mol. The average molecular weight is 293 g/mol. The van der Waals surface area contributed by atoms with E-state index in [0.29, 0.717) is 13.0 Å². The molecule has 0 saturated heterocycles. The van der Waals surface area contributed by atoms with Gasteiger partial charge >= 0.3 is 0 Å². The minimum absolute atomic E-state index is 0.0537. The van der Waals surface area contributed by atoms with Crippen LogP contribution in [-0.4, -0.2) is 48.0 Å². The van der Waals surface area contributed by atoms with E-state index in [4.69, 9.17) is 0 Å². The minimum atomic E-state index is 0.0537.